The molecule has 0 aromatic rings. The molecule has 0 aromatic carbocycles. The van der Waals surface area contributed by atoms with Gasteiger partial charge in [0.15, 0.2) is 6.29 Å². The zero-order valence-electron chi connectivity index (χ0n) is 7.54. The van der Waals surface area contributed by atoms with E-state index in [2.05, 4.69) is 11.5 Å². The fraction of sp³-hybridized carbons (Fsp3) is 0.667. The standard InChI is InChI=1S/C3H8N2O4.C3H6O2/c4-3(5,1(6)7)2(8)9;1-2-3(4)5/h1,6-7H,4-5H2,(H,8,9);2H2,1H3,(H,4,5). The molecule has 0 amide bonds. The number of aliphatic carboxylic acids is 2. The summed E-state index contributed by atoms with van der Waals surface area (Å²) in [6, 6.07) is 0. The number of aliphatic hydroxyl groups is 2. The third kappa shape index (κ3) is 6.31. The molecule has 0 heterocycles. The van der Waals surface area contributed by atoms with Crippen LogP contribution >= 0.6 is 0 Å². The molecular weight excluding hydrogens is 196 g/mol. The Morgan fingerprint density at radius 1 is 1.29 bits per heavy atom. The molecule has 0 aliphatic rings. The Hall–Kier alpha value is -1.22. The number of aliphatic hydroxyl groups excluding tert-OH is 1. The fourth-order valence-electron chi connectivity index (χ4n) is 0.110. The van der Waals surface area contributed by atoms with Gasteiger partial charge in [-0.05, 0) is 0 Å². The highest BCUT2D eigenvalue weighted by Crippen LogP contribution is 1.94. The van der Waals surface area contributed by atoms with Crippen LogP contribution in [0.25, 0.3) is 0 Å². The van der Waals surface area contributed by atoms with E-state index < -0.39 is 23.9 Å². The monoisotopic (exact) mass is 210 g/mol. The zero-order chi connectivity index (χ0) is 11.9. The third-order valence-electron chi connectivity index (χ3n) is 1.10. The number of nitrogens with two attached hydrogens (primary N) is 2. The summed E-state index contributed by atoms with van der Waals surface area (Å²) in [5.41, 5.74) is 6.89. The van der Waals surface area contributed by atoms with Crippen molar-refractivity contribution in [3.63, 3.8) is 0 Å². The molecule has 0 spiro atoms. The van der Waals surface area contributed by atoms with Crippen LogP contribution < -0.4 is 11.5 Å². The van der Waals surface area contributed by atoms with Crippen molar-refractivity contribution in [3.8, 4) is 0 Å². The SMILES string of the molecule is CCC(=O)O.NC(N)(C(=O)O)C(O)O. The van der Waals surface area contributed by atoms with Crippen LogP contribution in [0.2, 0.25) is 0 Å². The van der Waals surface area contributed by atoms with Crippen LogP contribution in [-0.2, 0) is 9.59 Å². The van der Waals surface area contributed by atoms with E-state index in [4.69, 9.17) is 20.4 Å². The Morgan fingerprint density at radius 2 is 1.57 bits per heavy atom. The number of carboxylic acids is 2. The summed E-state index contributed by atoms with van der Waals surface area (Å²) < 4.78 is 0. The first-order chi connectivity index (χ1) is 6.16. The second-order valence-corrected chi connectivity index (χ2v) is 2.36. The molecule has 0 saturated heterocycles. The lowest BCUT2D eigenvalue weighted by Gasteiger charge is -2.20. The predicted octanol–water partition coefficient (Wildman–Crippen LogP) is -2.52. The number of carboxylic acid groups (broad SMARTS) is 2. The summed E-state index contributed by atoms with van der Waals surface area (Å²) in [7, 11) is 0. The van der Waals surface area contributed by atoms with Gasteiger partial charge in [-0.15, -0.1) is 0 Å². The van der Waals surface area contributed by atoms with E-state index in [-0.39, 0.29) is 6.42 Å². The topological polar surface area (TPSA) is 167 Å². The molecule has 0 saturated carbocycles. The quantitative estimate of drug-likeness (QED) is 0.277. The normalized spacial score (nSPS) is 10.4. The van der Waals surface area contributed by atoms with Gasteiger partial charge in [-0.2, -0.15) is 0 Å². The van der Waals surface area contributed by atoms with Crippen LogP contribution in [0.5, 0.6) is 0 Å². The lowest BCUT2D eigenvalue weighted by molar-refractivity contribution is -0.162. The van der Waals surface area contributed by atoms with Crippen LogP contribution in [0.1, 0.15) is 13.3 Å². The summed E-state index contributed by atoms with van der Waals surface area (Å²) in [5, 5.41) is 32.1. The Balaban J connectivity index is 0. The fourth-order valence-corrected chi connectivity index (χ4v) is 0.110. The smallest absolute Gasteiger partial charge is 0.343 e. The molecular formula is C6H14N2O6. The largest absolute Gasteiger partial charge is 0.481 e. The van der Waals surface area contributed by atoms with Crippen molar-refractivity contribution in [1.82, 2.24) is 0 Å². The van der Waals surface area contributed by atoms with Crippen molar-refractivity contribution >= 4 is 11.9 Å². The molecule has 0 fully saturated rings. The van der Waals surface area contributed by atoms with E-state index in [0.717, 1.165) is 0 Å². The maximum absolute atomic E-state index is 9.89. The van der Waals surface area contributed by atoms with E-state index in [1.807, 2.05) is 0 Å². The lowest BCUT2D eigenvalue weighted by Crippen LogP contribution is -2.64. The van der Waals surface area contributed by atoms with E-state index in [1.165, 1.54) is 0 Å². The molecule has 0 unspecified atom stereocenters. The van der Waals surface area contributed by atoms with Gasteiger partial charge in [-0.25, -0.2) is 4.79 Å². The third-order valence-corrected chi connectivity index (χ3v) is 1.10. The molecule has 14 heavy (non-hydrogen) atoms. The Labute approximate surface area is 79.7 Å². The number of hydrogen-bond acceptors (Lipinski definition) is 6. The summed E-state index contributed by atoms with van der Waals surface area (Å²) in [4.78, 5) is 19.3. The Morgan fingerprint density at radius 3 is 1.57 bits per heavy atom. The minimum atomic E-state index is -2.47. The molecule has 0 atom stereocenters. The summed E-state index contributed by atoms with van der Waals surface area (Å²) >= 11 is 0. The van der Waals surface area contributed by atoms with Gasteiger partial charge in [-0.3, -0.25) is 16.3 Å². The second-order valence-electron chi connectivity index (χ2n) is 2.36. The minimum Gasteiger partial charge on any atom is -0.481 e. The van der Waals surface area contributed by atoms with Crippen LogP contribution in [0.15, 0.2) is 0 Å². The molecule has 0 aliphatic carbocycles. The van der Waals surface area contributed by atoms with Crippen LogP contribution in [-0.4, -0.2) is 44.3 Å². The molecule has 0 bridgehead atoms. The van der Waals surface area contributed by atoms with Gasteiger partial charge >= 0.3 is 11.9 Å². The summed E-state index contributed by atoms with van der Waals surface area (Å²) in [5.74, 6) is -2.41. The first-order valence-corrected chi connectivity index (χ1v) is 3.55. The van der Waals surface area contributed by atoms with Gasteiger partial charge < -0.3 is 20.4 Å². The maximum Gasteiger partial charge on any atom is 0.343 e. The van der Waals surface area contributed by atoms with Gasteiger partial charge in [0, 0.05) is 6.42 Å². The molecule has 8 heteroatoms. The summed E-state index contributed by atoms with van der Waals surface area (Å²) in [6.45, 7) is 1.60. The molecule has 0 aliphatic heterocycles. The van der Waals surface area contributed by atoms with Gasteiger partial charge in [0.2, 0.25) is 5.66 Å². The molecule has 8 nitrogen and oxygen atoms in total. The van der Waals surface area contributed by atoms with Crippen molar-refractivity contribution in [2.45, 2.75) is 25.3 Å². The number of hydrogen-bond donors (Lipinski definition) is 6. The van der Waals surface area contributed by atoms with E-state index >= 15 is 0 Å². The van der Waals surface area contributed by atoms with Gasteiger partial charge in [0.1, 0.15) is 0 Å². The highest BCUT2D eigenvalue weighted by atomic mass is 16.5. The van der Waals surface area contributed by atoms with Crippen molar-refractivity contribution in [1.29, 1.82) is 0 Å². The molecule has 84 valence electrons. The minimum absolute atomic E-state index is 0.222. The predicted molar refractivity (Wildman–Crippen MR) is 44.9 cm³/mol. The van der Waals surface area contributed by atoms with Crippen molar-refractivity contribution in [3.05, 3.63) is 0 Å². The highest BCUT2D eigenvalue weighted by Gasteiger charge is 2.36. The number of rotatable bonds is 3. The Kier molecular flexibility index (Phi) is 6.83. The lowest BCUT2D eigenvalue weighted by atomic mass is 10.2. The molecule has 0 aromatic heterocycles. The van der Waals surface area contributed by atoms with E-state index in [0.29, 0.717) is 0 Å². The first-order valence-electron chi connectivity index (χ1n) is 3.55. The number of carbonyl (C=O) groups is 2. The second kappa shape index (κ2) is 6.27. The molecule has 0 rings (SSSR count). The average Bonchev–Trinajstić information content (AvgIpc) is 2.04. The van der Waals surface area contributed by atoms with Crippen molar-refractivity contribution in [2.75, 3.05) is 0 Å². The van der Waals surface area contributed by atoms with Crippen molar-refractivity contribution < 1.29 is 30.0 Å². The van der Waals surface area contributed by atoms with Gasteiger partial charge in [0.25, 0.3) is 0 Å². The summed E-state index contributed by atoms with van der Waals surface area (Å²) in [6.07, 6.45) is -2.03. The van der Waals surface area contributed by atoms with Gasteiger partial charge in [-0.1, -0.05) is 6.92 Å². The maximum atomic E-state index is 9.89. The van der Waals surface area contributed by atoms with Crippen molar-refractivity contribution in [2.24, 2.45) is 11.5 Å². The van der Waals surface area contributed by atoms with E-state index in [9.17, 15) is 9.59 Å². The highest BCUT2D eigenvalue weighted by molar-refractivity contribution is 5.77. The van der Waals surface area contributed by atoms with Crippen LogP contribution in [0.3, 0.4) is 0 Å². The van der Waals surface area contributed by atoms with Gasteiger partial charge in [0.05, 0.1) is 0 Å². The average molecular weight is 210 g/mol. The van der Waals surface area contributed by atoms with Crippen LogP contribution in [0, 0.1) is 0 Å². The Bertz CT molecular complexity index is 202. The first kappa shape index (κ1) is 15.3. The van der Waals surface area contributed by atoms with E-state index in [1.54, 1.807) is 6.92 Å². The van der Waals surface area contributed by atoms with Crippen LogP contribution in [0.4, 0.5) is 0 Å². The molecule has 0 radical (unpaired) electrons. The molecule has 8 N–H and O–H groups in total. The zero-order valence-corrected chi connectivity index (χ0v) is 7.54.